The first-order valence-corrected chi connectivity index (χ1v) is 5.51. The molecule has 80 valence electrons. The number of hydrogen-bond acceptors (Lipinski definition) is 3. The molecular weight excluding hydrogens is 307 g/mol. The van der Waals surface area contributed by atoms with Gasteiger partial charge in [-0.25, -0.2) is 0 Å². The molecule has 4 nitrogen and oxygen atoms in total. The summed E-state index contributed by atoms with van der Waals surface area (Å²) in [7, 11) is 0. The molecule has 1 aromatic rings. The summed E-state index contributed by atoms with van der Waals surface area (Å²) < 4.78 is 0.640. The van der Waals surface area contributed by atoms with Gasteiger partial charge in [0, 0.05) is 18.3 Å². The summed E-state index contributed by atoms with van der Waals surface area (Å²) in [6.07, 6.45) is 2.69. The maximum Gasteiger partial charge on any atom is 0.282 e. The largest absolute Gasteiger partial charge is 0.385 e. The van der Waals surface area contributed by atoms with E-state index in [0.29, 0.717) is 3.57 Å². The van der Waals surface area contributed by atoms with E-state index in [1.165, 1.54) is 6.07 Å². The lowest BCUT2D eigenvalue weighted by atomic mass is 10.3. The Morgan fingerprint density at radius 2 is 2.33 bits per heavy atom. The van der Waals surface area contributed by atoms with Crippen molar-refractivity contribution in [3.05, 3.63) is 44.5 Å². The Hall–Kier alpha value is -1.11. The lowest BCUT2D eigenvalue weighted by Crippen LogP contribution is -2.01. The second-order valence-corrected chi connectivity index (χ2v) is 4.09. The van der Waals surface area contributed by atoms with E-state index in [2.05, 4.69) is 11.9 Å². The highest BCUT2D eigenvalue weighted by Gasteiger charge is 2.10. The topological polar surface area (TPSA) is 55.2 Å². The van der Waals surface area contributed by atoms with Gasteiger partial charge in [-0.1, -0.05) is 6.08 Å². The Balaban J connectivity index is 2.73. The molecule has 5 heteroatoms. The first-order valence-electron chi connectivity index (χ1n) is 4.44. The average Bonchev–Trinajstić information content (AvgIpc) is 2.17. The number of nitro benzene ring substituents is 1. The molecule has 0 unspecified atom stereocenters. The van der Waals surface area contributed by atoms with Crippen molar-refractivity contribution in [2.75, 3.05) is 11.9 Å². The van der Waals surface area contributed by atoms with Gasteiger partial charge in [0.2, 0.25) is 0 Å². The third kappa shape index (κ3) is 3.50. The Labute approximate surface area is 102 Å². The minimum Gasteiger partial charge on any atom is -0.385 e. The fourth-order valence-corrected chi connectivity index (χ4v) is 1.80. The minimum absolute atomic E-state index is 0.143. The van der Waals surface area contributed by atoms with Crippen LogP contribution < -0.4 is 5.32 Å². The van der Waals surface area contributed by atoms with Crippen molar-refractivity contribution in [1.82, 2.24) is 0 Å². The zero-order valence-corrected chi connectivity index (χ0v) is 10.2. The summed E-state index contributed by atoms with van der Waals surface area (Å²) in [5.41, 5.74) is 1.04. The zero-order chi connectivity index (χ0) is 11.3. The van der Waals surface area contributed by atoms with Gasteiger partial charge in [0.1, 0.15) is 0 Å². The summed E-state index contributed by atoms with van der Waals surface area (Å²) in [5, 5.41) is 13.7. The molecule has 0 fully saturated rings. The van der Waals surface area contributed by atoms with Gasteiger partial charge < -0.3 is 5.32 Å². The van der Waals surface area contributed by atoms with Crippen LogP contribution in [-0.2, 0) is 0 Å². The molecule has 0 aliphatic heterocycles. The van der Waals surface area contributed by atoms with Gasteiger partial charge in [0.15, 0.2) is 0 Å². The number of halogens is 1. The molecular formula is C10H11IN2O2. The Morgan fingerprint density at radius 3 is 2.87 bits per heavy atom. The van der Waals surface area contributed by atoms with Crippen LogP contribution in [0.4, 0.5) is 11.4 Å². The van der Waals surface area contributed by atoms with Crippen molar-refractivity contribution < 1.29 is 4.92 Å². The van der Waals surface area contributed by atoms with E-state index in [4.69, 9.17) is 0 Å². The molecule has 0 amide bonds. The first kappa shape index (κ1) is 12.0. The molecule has 0 atom stereocenters. The van der Waals surface area contributed by atoms with Crippen molar-refractivity contribution in [2.24, 2.45) is 0 Å². The highest BCUT2D eigenvalue weighted by Crippen LogP contribution is 2.23. The van der Waals surface area contributed by atoms with Crippen LogP contribution in [-0.4, -0.2) is 11.5 Å². The van der Waals surface area contributed by atoms with Crippen LogP contribution in [0.5, 0.6) is 0 Å². The fraction of sp³-hybridized carbons (Fsp3) is 0.200. The third-order valence-corrected chi connectivity index (χ3v) is 2.69. The SMILES string of the molecule is C=CCCNc1ccc([N+](=O)[O-])c(I)c1. The summed E-state index contributed by atoms with van der Waals surface area (Å²) in [4.78, 5) is 10.2. The Kier molecular flexibility index (Phi) is 4.54. The van der Waals surface area contributed by atoms with E-state index >= 15 is 0 Å². The molecule has 0 saturated carbocycles. The van der Waals surface area contributed by atoms with Crippen LogP contribution in [0, 0.1) is 13.7 Å². The van der Waals surface area contributed by atoms with Gasteiger partial charge in [-0.2, -0.15) is 0 Å². The van der Waals surface area contributed by atoms with E-state index in [9.17, 15) is 10.1 Å². The normalized spacial score (nSPS) is 9.67. The third-order valence-electron chi connectivity index (χ3n) is 1.82. The Morgan fingerprint density at radius 1 is 1.60 bits per heavy atom. The van der Waals surface area contributed by atoms with Gasteiger partial charge in [-0.05, 0) is 41.1 Å². The smallest absolute Gasteiger partial charge is 0.282 e. The summed E-state index contributed by atoms with van der Waals surface area (Å²) in [5.74, 6) is 0. The number of rotatable bonds is 5. The average molecular weight is 318 g/mol. The van der Waals surface area contributed by atoms with Crippen LogP contribution in [0.15, 0.2) is 30.9 Å². The van der Waals surface area contributed by atoms with Crippen LogP contribution >= 0.6 is 22.6 Å². The van der Waals surface area contributed by atoms with Gasteiger partial charge in [0.25, 0.3) is 5.69 Å². The van der Waals surface area contributed by atoms with Crippen molar-refractivity contribution >= 4 is 34.0 Å². The van der Waals surface area contributed by atoms with Crippen LogP contribution in [0.2, 0.25) is 0 Å². The van der Waals surface area contributed by atoms with Crippen molar-refractivity contribution in [1.29, 1.82) is 0 Å². The number of nitrogens with one attached hydrogen (secondary N) is 1. The number of hydrogen-bond donors (Lipinski definition) is 1. The van der Waals surface area contributed by atoms with Crippen molar-refractivity contribution in [2.45, 2.75) is 6.42 Å². The maximum absolute atomic E-state index is 10.6. The predicted octanol–water partition coefficient (Wildman–Crippen LogP) is 3.19. The number of benzene rings is 1. The molecule has 1 aromatic carbocycles. The number of anilines is 1. The summed E-state index contributed by atoms with van der Waals surface area (Å²) in [6.45, 7) is 4.41. The van der Waals surface area contributed by atoms with Gasteiger partial charge in [-0.15, -0.1) is 6.58 Å². The quantitative estimate of drug-likeness (QED) is 0.298. The van der Waals surface area contributed by atoms with E-state index in [-0.39, 0.29) is 10.6 Å². The first-order chi connectivity index (χ1) is 7.15. The zero-order valence-electron chi connectivity index (χ0n) is 8.07. The molecule has 0 radical (unpaired) electrons. The molecule has 1 rings (SSSR count). The molecule has 1 N–H and O–H groups in total. The molecule has 0 aliphatic carbocycles. The molecule has 0 spiro atoms. The molecule has 0 bridgehead atoms. The van der Waals surface area contributed by atoms with Crippen LogP contribution in [0.3, 0.4) is 0 Å². The second-order valence-electron chi connectivity index (χ2n) is 2.93. The van der Waals surface area contributed by atoms with Gasteiger partial charge in [-0.3, -0.25) is 10.1 Å². The number of nitro groups is 1. The summed E-state index contributed by atoms with van der Waals surface area (Å²) >= 11 is 1.96. The highest BCUT2D eigenvalue weighted by atomic mass is 127. The molecule has 0 saturated heterocycles. The monoisotopic (exact) mass is 318 g/mol. The maximum atomic E-state index is 10.6. The predicted molar refractivity (Wildman–Crippen MR) is 69.1 cm³/mol. The lowest BCUT2D eigenvalue weighted by molar-refractivity contribution is -0.385. The minimum atomic E-state index is -0.380. The van der Waals surface area contributed by atoms with Crippen LogP contribution in [0.1, 0.15) is 6.42 Å². The van der Waals surface area contributed by atoms with Crippen molar-refractivity contribution in [3.63, 3.8) is 0 Å². The van der Waals surface area contributed by atoms with Gasteiger partial charge in [0.05, 0.1) is 8.49 Å². The molecule has 0 aromatic heterocycles. The second kappa shape index (κ2) is 5.69. The van der Waals surface area contributed by atoms with Gasteiger partial charge >= 0.3 is 0 Å². The molecule has 0 heterocycles. The number of nitrogens with zero attached hydrogens (tertiary/aromatic N) is 1. The molecule has 15 heavy (non-hydrogen) atoms. The highest BCUT2D eigenvalue weighted by molar-refractivity contribution is 14.1. The lowest BCUT2D eigenvalue weighted by Gasteiger charge is -2.04. The standard InChI is InChI=1S/C10H11IN2O2/c1-2-3-6-12-8-4-5-10(13(14)15)9(11)7-8/h2,4-5,7,12H,1,3,6H2. The summed E-state index contributed by atoms with van der Waals surface area (Å²) in [6, 6.07) is 4.99. The van der Waals surface area contributed by atoms with E-state index in [1.54, 1.807) is 12.1 Å². The van der Waals surface area contributed by atoms with E-state index < -0.39 is 0 Å². The Bertz CT molecular complexity index is 380. The molecule has 0 aliphatic rings. The fourth-order valence-electron chi connectivity index (χ4n) is 1.08. The van der Waals surface area contributed by atoms with Crippen LogP contribution in [0.25, 0.3) is 0 Å². The van der Waals surface area contributed by atoms with Crippen molar-refractivity contribution in [3.8, 4) is 0 Å². The van der Waals surface area contributed by atoms with E-state index in [1.807, 2.05) is 28.7 Å². The van der Waals surface area contributed by atoms with E-state index in [0.717, 1.165) is 18.7 Å².